The molecule has 10 nitrogen and oxygen atoms in total. The van der Waals surface area contributed by atoms with Crippen LogP contribution in [0.5, 0.6) is 11.5 Å². The molecular formula is C23H20N6O4. The molecule has 0 aliphatic carbocycles. The van der Waals surface area contributed by atoms with Crippen molar-refractivity contribution in [1.29, 1.82) is 0 Å². The van der Waals surface area contributed by atoms with Crippen LogP contribution in [0.15, 0.2) is 79.1 Å². The molecule has 166 valence electrons. The topological polar surface area (TPSA) is 120 Å². The molecule has 0 saturated carbocycles. The van der Waals surface area contributed by atoms with Gasteiger partial charge >= 0.3 is 0 Å². The van der Waals surface area contributed by atoms with E-state index in [-0.39, 0.29) is 18.4 Å². The van der Waals surface area contributed by atoms with Gasteiger partial charge in [0.05, 0.1) is 12.8 Å². The first-order valence-electron chi connectivity index (χ1n) is 9.92. The van der Waals surface area contributed by atoms with Gasteiger partial charge < -0.3 is 20.1 Å². The number of nitrogens with zero attached hydrogens (tertiary/aromatic N) is 4. The molecule has 0 aliphatic heterocycles. The highest BCUT2D eigenvalue weighted by Gasteiger charge is 2.09. The van der Waals surface area contributed by atoms with Gasteiger partial charge in [-0.1, -0.05) is 6.07 Å². The molecule has 0 atom stereocenters. The van der Waals surface area contributed by atoms with Crippen molar-refractivity contribution in [2.24, 2.45) is 0 Å². The van der Waals surface area contributed by atoms with E-state index in [4.69, 9.17) is 9.47 Å². The maximum atomic E-state index is 12.5. The summed E-state index contributed by atoms with van der Waals surface area (Å²) < 4.78 is 12.2. The SMILES string of the molecule is COc1cccc(NC(=O)COc2ccc(C(=O)Nc3ccc(-n4cnnn4)cc3)cc2)c1. The summed E-state index contributed by atoms with van der Waals surface area (Å²) in [6.07, 6.45) is 1.49. The second-order valence-electron chi connectivity index (χ2n) is 6.85. The van der Waals surface area contributed by atoms with Crippen LogP contribution in [0.3, 0.4) is 0 Å². The Morgan fingerprint density at radius 2 is 1.70 bits per heavy atom. The monoisotopic (exact) mass is 444 g/mol. The predicted octanol–water partition coefficient (Wildman–Crippen LogP) is 2.94. The molecule has 4 aromatic rings. The van der Waals surface area contributed by atoms with Crippen molar-refractivity contribution in [2.75, 3.05) is 24.4 Å². The zero-order valence-electron chi connectivity index (χ0n) is 17.6. The number of hydrogen-bond donors (Lipinski definition) is 2. The van der Waals surface area contributed by atoms with Gasteiger partial charge in [-0.2, -0.15) is 0 Å². The lowest BCUT2D eigenvalue weighted by molar-refractivity contribution is -0.118. The van der Waals surface area contributed by atoms with Crippen molar-refractivity contribution < 1.29 is 19.1 Å². The molecule has 4 rings (SSSR count). The van der Waals surface area contributed by atoms with Gasteiger partial charge in [-0.3, -0.25) is 9.59 Å². The van der Waals surface area contributed by atoms with Gasteiger partial charge in [-0.25, -0.2) is 4.68 Å². The summed E-state index contributed by atoms with van der Waals surface area (Å²) in [7, 11) is 1.56. The van der Waals surface area contributed by atoms with Crippen LogP contribution in [-0.2, 0) is 4.79 Å². The van der Waals surface area contributed by atoms with Gasteiger partial charge in [0.1, 0.15) is 17.8 Å². The number of benzene rings is 3. The summed E-state index contributed by atoms with van der Waals surface area (Å²) in [5.74, 6) is 0.534. The Morgan fingerprint density at radius 3 is 2.39 bits per heavy atom. The molecule has 1 heterocycles. The second kappa shape index (κ2) is 10.1. The van der Waals surface area contributed by atoms with E-state index in [0.29, 0.717) is 28.4 Å². The van der Waals surface area contributed by atoms with Crippen LogP contribution in [0.25, 0.3) is 5.69 Å². The van der Waals surface area contributed by atoms with E-state index in [9.17, 15) is 9.59 Å². The van der Waals surface area contributed by atoms with Gasteiger partial charge in [0.15, 0.2) is 6.61 Å². The largest absolute Gasteiger partial charge is 0.497 e. The Bertz CT molecular complexity index is 1220. The number of ether oxygens (including phenoxy) is 2. The minimum atomic E-state index is -0.310. The standard InChI is InChI=1S/C23H20N6O4/c1-32-21-4-2-3-18(13-21)25-22(30)14-33-20-11-5-16(6-12-20)23(31)26-17-7-9-19(10-8-17)29-15-24-27-28-29/h2-13,15H,14H2,1H3,(H,25,30)(H,26,31). The molecule has 0 saturated heterocycles. The van der Waals surface area contributed by atoms with Crippen molar-refractivity contribution in [2.45, 2.75) is 0 Å². The second-order valence-corrected chi connectivity index (χ2v) is 6.85. The Kier molecular flexibility index (Phi) is 6.55. The number of tetrazole rings is 1. The number of amides is 2. The van der Waals surface area contributed by atoms with Crippen LogP contribution in [-0.4, -0.2) is 45.7 Å². The van der Waals surface area contributed by atoms with Crippen LogP contribution in [0.4, 0.5) is 11.4 Å². The molecule has 0 unspecified atom stereocenters. The van der Waals surface area contributed by atoms with E-state index in [2.05, 4.69) is 26.2 Å². The molecular weight excluding hydrogens is 424 g/mol. The summed E-state index contributed by atoms with van der Waals surface area (Å²) >= 11 is 0. The van der Waals surface area contributed by atoms with E-state index in [0.717, 1.165) is 5.69 Å². The van der Waals surface area contributed by atoms with E-state index < -0.39 is 0 Å². The minimum Gasteiger partial charge on any atom is -0.497 e. The minimum absolute atomic E-state index is 0.170. The number of nitrogens with one attached hydrogen (secondary N) is 2. The molecule has 10 heteroatoms. The normalized spacial score (nSPS) is 10.3. The highest BCUT2D eigenvalue weighted by molar-refractivity contribution is 6.04. The molecule has 2 amide bonds. The molecule has 0 bridgehead atoms. The fourth-order valence-electron chi connectivity index (χ4n) is 2.93. The first kappa shape index (κ1) is 21.5. The Labute approximate surface area is 189 Å². The highest BCUT2D eigenvalue weighted by atomic mass is 16.5. The molecule has 1 aromatic heterocycles. The quantitative estimate of drug-likeness (QED) is 0.429. The lowest BCUT2D eigenvalue weighted by Crippen LogP contribution is -2.20. The first-order chi connectivity index (χ1) is 16.1. The van der Waals surface area contributed by atoms with Crippen LogP contribution >= 0.6 is 0 Å². The van der Waals surface area contributed by atoms with Gasteiger partial charge in [-0.05, 0) is 71.1 Å². The zero-order chi connectivity index (χ0) is 23.0. The molecule has 2 N–H and O–H groups in total. The fraction of sp³-hybridized carbons (Fsp3) is 0.0870. The third kappa shape index (κ3) is 5.70. The summed E-state index contributed by atoms with van der Waals surface area (Å²) in [5.41, 5.74) is 2.47. The first-order valence-corrected chi connectivity index (χ1v) is 9.92. The molecule has 3 aromatic carbocycles. The van der Waals surface area contributed by atoms with Crippen molar-refractivity contribution in [3.8, 4) is 17.2 Å². The number of anilines is 2. The van der Waals surface area contributed by atoms with Gasteiger partial charge in [0.2, 0.25) is 0 Å². The van der Waals surface area contributed by atoms with Crippen LogP contribution in [0.2, 0.25) is 0 Å². The predicted molar refractivity (Wildman–Crippen MR) is 121 cm³/mol. The van der Waals surface area contributed by atoms with Crippen molar-refractivity contribution in [3.63, 3.8) is 0 Å². The summed E-state index contributed by atoms with van der Waals surface area (Å²) in [6, 6.07) is 20.7. The van der Waals surface area contributed by atoms with Gasteiger partial charge in [0.25, 0.3) is 11.8 Å². The van der Waals surface area contributed by atoms with E-state index in [1.165, 1.54) is 11.0 Å². The lowest BCUT2D eigenvalue weighted by atomic mass is 10.2. The lowest BCUT2D eigenvalue weighted by Gasteiger charge is -2.10. The highest BCUT2D eigenvalue weighted by Crippen LogP contribution is 2.18. The third-order valence-corrected chi connectivity index (χ3v) is 4.58. The number of carbonyl (C=O) groups excluding carboxylic acids is 2. The van der Waals surface area contributed by atoms with E-state index in [1.54, 1.807) is 79.9 Å². The van der Waals surface area contributed by atoms with Gasteiger partial charge in [0, 0.05) is 23.0 Å². The molecule has 0 spiro atoms. The third-order valence-electron chi connectivity index (χ3n) is 4.58. The summed E-state index contributed by atoms with van der Waals surface area (Å²) in [5, 5.41) is 16.6. The summed E-state index contributed by atoms with van der Waals surface area (Å²) in [4.78, 5) is 24.6. The van der Waals surface area contributed by atoms with E-state index in [1.807, 2.05) is 0 Å². The van der Waals surface area contributed by atoms with Crippen LogP contribution in [0.1, 0.15) is 10.4 Å². The average molecular weight is 444 g/mol. The fourth-order valence-corrected chi connectivity index (χ4v) is 2.93. The molecule has 0 radical (unpaired) electrons. The maximum Gasteiger partial charge on any atom is 0.262 e. The van der Waals surface area contributed by atoms with Crippen molar-refractivity contribution in [3.05, 3.63) is 84.7 Å². The Balaban J connectivity index is 1.28. The van der Waals surface area contributed by atoms with Crippen LogP contribution in [0, 0.1) is 0 Å². The maximum absolute atomic E-state index is 12.5. The van der Waals surface area contributed by atoms with E-state index >= 15 is 0 Å². The number of hydrogen-bond acceptors (Lipinski definition) is 7. The Hall–Kier alpha value is -4.73. The Morgan fingerprint density at radius 1 is 0.909 bits per heavy atom. The van der Waals surface area contributed by atoms with Gasteiger partial charge in [-0.15, -0.1) is 5.10 Å². The molecule has 0 aliphatic rings. The summed E-state index contributed by atoms with van der Waals surface area (Å²) in [6.45, 7) is -0.170. The number of methoxy groups -OCH3 is 1. The number of aromatic nitrogens is 4. The zero-order valence-corrected chi connectivity index (χ0v) is 17.6. The average Bonchev–Trinajstić information content (AvgIpc) is 3.39. The van der Waals surface area contributed by atoms with Crippen molar-refractivity contribution >= 4 is 23.2 Å². The molecule has 33 heavy (non-hydrogen) atoms. The molecule has 0 fully saturated rings. The van der Waals surface area contributed by atoms with Crippen LogP contribution < -0.4 is 20.1 Å². The number of carbonyl (C=O) groups is 2. The number of rotatable bonds is 8. The van der Waals surface area contributed by atoms with Crippen molar-refractivity contribution in [1.82, 2.24) is 20.2 Å². The smallest absolute Gasteiger partial charge is 0.262 e.